The maximum absolute atomic E-state index is 11.3. The molecule has 0 spiro atoms. The number of methoxy groups -OCH3 is 1. The van der Waals surface area contributed by atoms with E-state index in [9.17, 15) is 4.79 Å². The van der Waals surface area contributed by atoms with Crippen molar-refractivity contribution in [1.82, 2.24) is 0 Å². The highest BCUT2D eigenvalue weighted by Crippen LogP contribution is 2.28. The molecular formula is C24H46O4. The van der Waals surface area contributed by atoms with E-state index in [1.165, 1.54) is 71.3 Å². The lowest BCUT2D eigenvalue weighted by molar-refractivity contribution is -0.247. The van der Waals surface area contributed by atoms with Crippen LogP contribution >= 0.6 is 0 Å². The van der Waals surface area contributed by atoms with Gasteiger partial charge in [-0.1, -0.05) is 78.1 Å². The second-order valence-electron chi connectivity index (χ2n) is 8.41. The summed E-state index contributed by atoms with van der Waals surface area (Å²) in [5, 5.41) is 0. The third kappa shape index (κ3) is 12.8. The molecular weight excluding hydrogens is 352 g/mol. The van der Waals surface area contributed by atoms with Gasteiger partial charge in [-0.3, -0.25) is 4.79 Å². The van der Waals surface area contributed by atoms with Crippen molar-refractivity contribution in [2.24, 2.45) is 0 Å². The van der Waals surface area contributed by atoms with Gasteiger partial charge in [0.2, 0.25) is 0 Å². The Morgan fingerprint density at radius 1 is 0.750 bits per heavy atom. The molecule has 4 nitrogen and oxygen atoms in total. The Hall–Kier alpha value is -0.610. The van der Waals surface area contributed by atoms with Crippen molar-refractivity contribution in [3.05, 3.63) is 0 Å². The lowest BCUT2D eigenvalue weighted by atomic mass is 9.98. The first-order valence-electron chi connectivity index (χ1n) is 12.1. The third-order valence-electron chi connectivity index (χ3n) is 5.77. The number of unbranched alkanes of at least 4 members (excludes halogenated alkanes) is 9. The summed E-state index contributed by atoms with van der Waals surface area (Å²) in [6.07, 6.45) is 20.3. The number of hydrogen-bond acceptors (Lipinski definition) is 4. The Labute approximate surface area is 174 Å². The molecule has 1 rings (SSSR count). The minimum absolute atomic E-state index is 0.0901. The van der Waals surface area contributed by atoms with Crippen molar-refractivity contribution in [2.45, 2.75) is 141 Å². The Morgan fingerprint density at radius 2 is 1.25 bits per heavy atom. The van der Waals surface area contributed by atoms with Crippen LogP contribution in [-0.2, 0) is 19.0 Å². The van der Waals surface area contributed by atoms with E-state index < -0.39 is 0 Å². The lowest BCUT2D eigenvalue weighted by Crippen LogP contribution is -2.38. The van der Waals surface area contributed by atoms with Gasteiger partial charge in [0.25, 0.3) is 0 Å². The molecule has 0 aromatic carbocycles. The number of carbonyl (C=O) groups excluding carboxylic acids is 1. The van der Waals surface area contributed by atoms with Crippen LogP contribution in [0.1, 0.15) is 123 Å². The summed E-state index contributed by atoms with van der Waals surface area (Å²) < 4.78 is 17.2. The quantitative estimate of drug-likeness (QED) is 0.197. The number of esters is 1. The summed E-state index contributed by atoms with van der Waals surface area (Å²) in [7, 11) is 1.45. The fourth-order valence-corrected chi connectivity index (χ4v) is 4.01. The largest absolute Gasteiger partial charge is 0.469 e. The van der Waals surface area contributed by atoms with Crippen molar-refractivity contribution in [3.63, 3.8) is 0 Å². The molecule has 0 amide bonds. The van der Waals surface area contributed by atoms with Gasteiger partial charge < -0.3 is 14.2 Å². The molecule has 1 saturated heterocycles. The average molecular weight is 399 g/mol. The van der Waals surface area contributed by atoms with Gasteiger partial charge in [0.1, 0.15) is 0 Å². The molecule has 166 valence electrons. The van der Waals surface area contributed by atoms with Gasteiger partial charge in [-0.25, -0.2) is 0 Å². The van der Waals surface area contributed by atoms with Crippen LogP contribution in [-0.4, -0.2) is 31.6 Å². The molecule has 28 heavy (non-hydrogen) atoms. The topological polar surface area (TPSA) is 44.8 Å². The molecule has 1 fully saturated rings. The molecule has 4 heteroatoms. The number of ether oxygens (including phenoxy) is 3. The summed E-state index contributed by atoms with van der Waals surface area (Å²) in [4.78, 5) is 11.3. The second-order valence-corrected chi connectivity index (χ2v) is 8.41. The first kappa shape index (κ1) is 25.4. The van der Waals surface area contributed by atoms with Gasteiger partial charge in [0, 0.05) is 6.42 Å². The zero-order valence-corrected chi connectivity index (χ0v) is 18.9. The minimum Gasteiger partial charge on any atom is -0.469 e. The first-order chi connectivity index (χ1) is 13.7. The molecule has 0 N–H and O–H groups in total. The normalized spacial score (nSPS) is 22.3. The maximum atomic E-state index is 11.3. The van der Waals surface area contributed by atoms with Crippen LogP contribution in [0.3, 0.4) is 0 Å². The molecule has 0 bridgehead atoms. The van der Waals surface area contributed by atoms with Crippen molar-refractivity contribution < 1.29 is 19.0 Å². The molecule has 1 aliphatic heterocycles. The van der Waals surface area contributed by atoms with Crippen LogP contribution < -0.4 is 0 Å². The number of rotatable bonds is 17. The van der Waals surface area contributed by atoms with Crippen LogP contribution in [0, 0.1) is 0 Å². The minimum atomic E-state index is -0.125. The zero-order valence-electron chi connectivity index (χ0n) is 18.9. The second kappa shape index (κ2) is 17.3. The monoisotopic (exact) mass is 398 g/mol. The van der Waals surface area contributed by atoms with E-state index in [0.29, 0.717) is 18.6 Å². The highest BCUT2D eigenvalue weighted by Gasteiger charge is 2.29. The van der Waals surface area contributed by atoms with Crippen LogP contribution in [0.15, 0.2) is 0 Å². The highest BCUT2D eigenvalue weighted by atomic mass is 16.7. The summed E-state index contributed by atoms with van der Waals surface area (Å²) in [5.41, 5.74) is 0. The molecule has 1 aliphatic rings. The van der Waals surface area contributed by atoms with E-state index in [1.54, 1.807) is 0 Å². The Morgan fingerprint density at radius 3 is 1.75 bits per heavy atom. The molecule has 2 atom stereocenters. The smallest absolute Gasteiger partial charge is 0.305 e. The molecule has 0 radical (unpaired) electrons. The van der Waals surface area contributed by atoms with Crippen molar-refractivity contribution >= 4 is 5.97 Å². The van der Waals surface area contributed by atoms with Crippen LogP contribution in [0.4, 0.5) is 0 Å². The van der Waals surface area contributed by atoms with Gasteiger partial charge in [0.15, 0.2) is 6.29 Å². The van der Waals surface area contributed by atoms with Crippen LogP contribution in [0.5, 0.6) is 0 Å². The maximum Gasteiger partial charge on any atom is 0.305 e. The van der Waals surface area contributed by atoms with Crippen molar-refractivity contribution in [3.8, 4) is 0 Å². The molecule has 0 aliphatic carbocycles. The molecule has 1 heterocycles. The number of carbonyl (C=O) groups is 1. The van der Waals surface area contributed by atoms with Crippen molar-refractivity contribution in [1.29, 1.82) is 0 Å². The predicted octanol–water partition coefficient (Wildman–Crippen LogP) is 6.94. The van der Waals surface area contributed by atoms with E-state index in [-0.39, 0.29) is 12.3 Å². The van der Waals surface area contributed by atoms with Crippen molar-refractivity contribution in [2.75, 3.05) is 7.11 Å². The zero-order chi connectivity index (χ0) is 20.5. The van der Waals surface area contributed by atoms with E-state index in [0.717, 1.165) is 38.5 Å². The predicted molar refractivity (Wildman–Crippen MR) is 115 cm³/mol. The Kier molecular flexibility index (Phi) is 15.7. The van der Waals surface area contributed by atoms with Crippen LogP contribution in [0.2, 0.25) is 0 Å². The lowest BCUT2D eigenvalue weighted by Gasteiger charge is -2.36. The fourth-order valence-electron chi connectivity index (χ4n) is 4.01. The SMILES string of the molecule is CCCCCCCC1CC(CCCCCCC)OC(CCCCC(=O)OC)O1. The average Bonchev–Trinajstić information content (AvgIpc) is 2.70. The highest BCUT2D eigenvalue weighted by molar-refractivity contribution is 5.68. The standard InChI is InChI=1S/C24H46O4/c1-4-6-8-10-12-16-21-20-22(17-13-11-9-7-5-2)28-24(27-21)19-15-14-18-23(25)26-3/h21-22,24H,4-20H2,1-3H3. The Bertz CT molecular complexity index is 350. The third-order valence-corrected chi connectivity index (χ3v) is 5.77. The van der Waals surface area contributed by atoms with Gasteiger partial charge in [0.05, 0.1) is 19.3 Å². The van der Waals surface area contributed by atoms with E-state index in [1.807, 2.05) is 0 Å². The molecule has 0 saturated carbocycles. The molecule has 2 unspecified atom stereocenters. The van der Waals surface area contributed by atoms with Crippen LogP contribution in [0.25, 0.3) is 0 Å². The van der Waals surface area contributed by atoms with Gasteiger partial charge in [-0.2, -0.15) is 0 Å². The molecule has 0 aromatic rings. The summed E-state index contributed by atoms with van der Waals surface area (Å²) in [5.74, 6) is -0.125. The van der Waals surface area contributed by atoms with E-state index in [2.05, 4.69) is 13.8 Å². The summed E-state index contributed by atoms with van der Waals surface area (Å²) in [6.45, 7) is 4.52. The summed E-state index contributed by atoms with van der Waals surface area (Å²) in [6, 6.07) is 0. The molecule has 0 aromatic heterocycles. The number of hydrogen-bond donors (Lipinski definition) is 0. The first-order valence-corrected chi connectivity index (χ1v) is 12.1. The van der Waals surface area contributed by atoms with E-state index >= 15 is 0 Å². The Balaban J connectivity index is 2.34. The van der Waals surface area contributed by atoms with E-state index in [4.69, 9.17) is 14.2 Å². The fraction of sp³-hybridized carbons (Fsp3) is 0.958. The summed E-state index contributed by atoms with van der Waals surface area (Å²) >= 11 is 0. The van der Waals surface area contributed by atoms with Gasteiger partial charge in [-0.05, 0) is 38.5 Å². The van der Waals surface area contributed by atoms with Gasteiger partial charge in [-0.15, -0.1) is 0 Å². The van der Waals surface area contributed by atoms with Gasteiger partial charge >= 0.3 is 5.97 Å².